The van der Waals surface area contributed by atoms with Gasteiger partial charge in [-0.15, -0.1) is 0 Å². The highest BCUT2D eigenvalue weighted by Crippen LogP contribution is 2.23. The lowest BCUT2D eigenvalue weighted by Gasteiger charge is -2.39. The quantitative estimate of drug-likeness (QED) is 0.766. The maximum atomic E-state index is 12.5. The van der Waals surface area contributed by atoms with Crippen molar-refractivity contribution in [3.05, 3.63) is 0 Å². The SMILES string of the molecule is COC(=O)C1CCN(C(=O)N2CCCCC2C(=O)O)CC1. The summed E-state index contributed by atoms with van der Waals surface area (Å²) in [6.07, 6.45) is 3.34. The highest BCUT2D eigenvalue weighted by Gasteiger charge is 2.36. The van der Waals surface area contributed by atoms with Gasteiger partial charge in [0, 0.05) is 19.6 Å². The number of hydrogen-bond acceptors (Lipinski definition) is 4. The zero-order chi connectivity index (χ0) is 15.4. The average molecular weight is 298 g/mol. The molecule has 7 heteroatoms. The van der Waals surface area contributed by atoms with Crippen LogP contribution in [0.25, 0.3) is 0 Å². The third-order valence-electron chi connectivity index (χ3n) is 4.33. The van der Waals surface area contributed by atoms with Crippen LogP contribution in [0.4, 0.5) is 4.79 Å². The molecular formula is C14H22N2O5. The number of likely N-dealkylation sites (tertiary alicyclic amines) is 2. The Morgan fingerprint density at radius 2 is 1.71 bits per heavy atom. The normalized spacial score (nSPS) is 23.8. The molecule has 2 heterocycles. The minimum Gasteiger partial charge on any atom is -0.480 e. The molecule has 0 aromatic heterocycles. The van der Waals surface area contributed by atoms with Crippen LogP contribution in [0, 0.1) is 5.92 Å². The number of urea groups is 1. The maximum absolute atomic E-state index is 12.5. The molecule has 2 aliphatic heterocycles. The largest absolute Gasteiger partial charge is 0.480 e. The predicted octanol–water partition coefficient (Wildman–Crippen LogP) is 0.930. The van der Waals surface area contributed by atoms with Gasteiger partial charge < -0.3 is 19.6 Å². The summed E-state index contributed by atoms with van der Waals surface area (Å²) in [5.41, 5.74) is 0. The second kappa shape index (κ2) is 6.78. The zero-order valence-electron chi connectivity index (χ0n) is 12.3. The number of carbonyl (C=O) groups is 3. The number of rotatable bonds is 2. The molecule has 1 unspecified atom stereocenters. The molecule has 2 rings (SSSR count). The molecule has 2 saturated heterocycles. The fourth-order valence-corrected chi connectivity index (χ4v) is 3.07. The van der Waals surface area contributed by atoms with Crippen molar-refractivity contribution in [1.29, 1.82) is 0 Å². The fourth-order valence-electron chi connectivity index (χ4n) is 3.07. The molecule has 2 fully saturated rings. The molecule has 0 aromatic carbocycles. The van der Waals surface area contributed by atoms with Gasteiger partial charge in [0.15, 0.2) is 0 Å². The molecule has 7 nitrogen and oxygen atoms in total. The van der Waals surface area contributed by atoms with Crippen molar-refractivity contribution in [2.75, 3.05) is 26.7 Å². The number of carboxylic acid groups (broad SMARTS) is 1. The van der Waals surface area contributed by atoms with Crippen molar-refractivity contribution in [2.45, 2.75) is 38.1 Å². The molecular weight excluding hydrogens is 276 g/mol. The standard InChI is InChI=1S/C14H22N2O5/c1-21-13(19)10-5-8-15(9-6-10)14(20)16-7-3-2-4-11(16)12(17)18/h10-11H,2-9H2,1H3,(H,17,18). The number of ether oxygens (including phenoxy) is 1. The van der Waals surface area contributed by atoms with Gasteiger partial charge in [-0.25, -0.2) is 9.59 Å². The number of amides is 2. The molecule has 118 valence electrons. The van der Waals surface area contributed by atoms with E-state index >= 15 is 0 Å². The number of aliphatic carboxylic acids is 1. The highest BCUT2D eigenvalue weighted by molar-refractivity contribution is 5.83. The van der Waals surface area contributed by atoms with Gasteiger partial charge in [-0.05, 0) is 32.1 Å². The van der Waals surface area contributed by atoms with Crippen LogP contribution >= 0.6 is 0 Å². The number of carboxylic acids is 1. The van der Waals surface area contributed by atoms with E-state index in [1.54, 1.807) is 4.90 Å². The van der Waals surface area contributed by atoms with Gasteiger partial charge in [0.05, 0.1) is 13.0 Å². The monoisotopic (exact) mass is 298 g/mol. The van der Waals surface area contributed by atoms with Crippen molar-refractivity contribution in [3.8, 4) is 0 Å². The van der Waals surface area contributed by atoms with Gasteiger partial charge in [0.1, 0.15) is 6.04 Å². The molecule has 0 aliphatic carbocycles. The lowest BCUT2D eigenvalue weighted by Crippen LogP contribution is -2.54. The third-order valence-corrected chi connectivity index (χ3v) is 4.33. The Hall–Kier alpha value is -1.79. The molecule has 1 atom stereocenters. The summed E-state index contributed by atoms with van der Waals surface area (Å²) in [5, 5.41) is 9.23. The molecule has 0 aromatic rings. The molecule has 0 bridgehead atoms. The Labute approximate surface area is 123 Å². The smallest absolute Gasteiger partial charge is 0.326 e. The van der Waals surface area contributed by atoms with E-state index in [2.05, 4.69) is 0 Å². The van der Waals surface area contributed by atoms with Crippen LogP contribution in [0.2, 0.25) is 0 Å². The van der Waals surface area contributed by atoms with E-state index in [0.29, 0.717) is 38.9 Å². The summed E-state index contributed by atoms with van der Waals surface area (Å²) in [4.78, 5) is 38.3. The average Bonchev–Trinajstić information content (AvgIpc) is 2.53. The summed E-state index contributed by atoms with van der Waals surface area (Å²) in [7, 11) is 1.37. The van der Waals surface area contributed by atoms with Crippen LogP contribution in [0.1, 0.15) is 32.1 Å². The van der Waals surface area contributed by atoms with Crippen LogP contribution < -0.4 is 0 Å². The minimum atomic E-state index is -0.938. The number of esters is 1. The van der Waals surface area contributed by atoms with E-state index in [-0.39, 0.29) is 17.9 Å². The van der Waals surface area contributed by atoms with Crippen LogP contribution in [-0.4, -0.2) is 65.7 Å². The fraction of sp³-hybridized carbons (Fsp3) is 0.786. The van der Waals surface area contributed by atoms with E-state index < -0.39 is 12.0 Å². The van der Waals surface area contributed by atoms with Crippen LogP contribution in [0.3, 0.4) is 0 Å². The number of piperidine rings is 2. The van der Waals surface area contributed by atoms with Crippen molar-refractivity contribution < 1.29 is 24.2 Å². The first-order valence-electron chi connectivity index (χ1n) is 7.40. The van der Waals surface area contributed by atoms with Gasteiger partial charge in [-0.2, -0.15) is 0 Å². The molecule has 21 heavy (non-hydrogen) atoms. The number of hydrogen-bond donors (Lipinski definition) is 1. The van der Waals surface area contributed by atoms with Gasteiger partial charge in [0.25, 0.3) is 0 Å². The molecule has 2 aliphatic rings. The lowest BCUT2D eigenvalue weighted by atomic mass is 9.97. The highest BCUT2D eigenvalue weighted by atomic mass is 16.5. The van der Waals surface area contributed by atoms with Gasteiger partial charge in [0.2, 0.25) is 0 Å². The van der Waals surface area contributed by atoms with Crippen molar-refractivity contribution >= 4 is 18.0 Å². The van der Waals surface area contributed by atoms with Crippen molar-refractivity contribution in [1.82, 2.24) is 9.80 Å². The van der Waals surface area contributed by atoms with E-state index in [1.165, 1.54) is 12.0 Å². The summed E-state index contributed by atoms with van der Waals surface area (Å²) < 4.78 is 4.72. The Bertz CT molecular complexity index is 418. The topological polar surface area (TPSA) is 87.2 Å². The van der Waals surface area contributed by atoms with E-state index in [1.807, 2.05) is 0 Å². The third kappa shape index (κ3) is 3.46. The van der Waals surface area contributed by atoms with Crippen LogP contribution in [0.15, 0.2) is 0 Å². The van der Waals surface area contributed by atoms with Crippen LogP contribution in [0.5, 0.6) is 0 Å². The first-order valence-corrected chi connectivity index (χ1v) is 7.40. The molecule has 0 radical (unpaired) electrons. The molecule has 0 spiro atoms. The number of nitrogens with zero attached hydrogens (tertiary/aromatic N) is 2. The number of methoxy groups -OCH3 is 1. The molecule has 0 saturated carbocycles. The van der Waals surface area contributed by atoms with Crippen LogP contribution in [-0.2, 0) is 14.3 Å². The maximum Gasteiger partial charge on any atom is 0.326 e. The Kier molecular flexibility index (Phi) is 5.03. The summed E-state index contributed by atoms with van der Waals surface area (Å²) in [5.74, 6) is -1.33. The van der Waals surface area contributed by atoms with Gasteiger partial charge >= 0.3 is 18.0 Å². The molecule has 1 N–H and O–H groups in total. The van der Waals surface area contributed by atoms with E-state index in [9.17, 15) is 19.5 Å². The first-order chi connectivity index (χ1) is 10.0. The van der Waals surface area contributed by atoms with E-state index in [4.69, 9.17) is 4.74 Å². The van der Waals surface area contributed by atoms with Gasteiger partial charge in [-0.3, -0.25) is 4.79 Å². The first kappa shape index (κ1) is 15.6. The number of carbonyl (C=O) groups excluding carboxylic acids is 2. The second-order valence-corrected chi connectivity index (χ2v) is 5.61. The van der Waals surface area contributed by atoms with Gasteiger partial charge in [-0.1, -0.05) is 0 Å². The summed E-state index contributed by atoms with van der Waals surface area (Å²) >= 11 is 0. The lowest BCUT2D eigenvalue weighted by molar-refractivity contribution is -0.146. The van der Waals surface area contributed by atoms with Crippen molar-refractivity contribution in [2.24, 2.45) is 5.92 Å². The zero-order valence-corrected chi connectivity index (χ0v) is 12.3. The molecule has 2 amide bonds. The predicted molar refractivity (Wildman–Crippen MR) is 73.7 cm³/mol. The minimum absolute atomic E-state index is 0.157. The summed E-state index contributed by atoms with van der Waals surface area (Å²) in [6.45, 7) is 1.44. The second-order valence-electron chi connectivity index (χ2n) is 5.61. The Morgan fingerprint density at radius 1 is 1.05 bits per heavy atom. The van der Waals surface area contributed by atoms with Crippen molar-refractivity contribution in [3.63, 3.8) is 0 Å². The Morgan fingerprint density at radius 3 is 2.29 bits per heavy atom. The summed E-state index contributed by atoms with van der Waals surface area (Å²) in [6, 6.07) is -0.935. The van der Waals surface area contributed by atoms with E-state index in [0.717, 1.165) is 12.8 Å². The Balaban J connectivity index is 1.94.